The number of rotatable bonds is 12. The SMILES string of the molecule is CCCCCCCCCC(Cn1ccnc1)Sc1ccc(Cl)cc1. The molecule has 0 spiro atoms. The van der Waals surface area contributed by atoms with Crippen LogP contribution in [0, 0.1) is 0 Å². The molecule has 2 rings (SSSR count). The fraction of sp³-hybridized carbons (Fsp3) is 0.550. The molecule has 0 amide bonds. The Morgan fingerprint density at radius 2 is 1.75 bits per heavy atom. The van der Waals surface area contributed by atoms with Crippen molar-refractivity contribution in [1.82, 2.24) is 9.55 Å². The van der Waals surface area contributed by atoms with E-state index in [1.165, 1.54) is 56.3 Å². The summed E-state index contributed by atoms with van der Waals surface area (Å²) in [7, 11) is 0. The highest BCUT2D eigenvalue weighted by Gasteiger charge is 2.11. The van der Waals surface area contributed by atoms with Gasteiger partial charge in [0.25, 0.3) is 0 Å². The van der Waals surface area contributed by atoms with Gasteiger partial charge in [0.05, 0.1) is 6.33 Å². The van der Waals surface area contributed by atoms with Gasteiger partial charge in [-0.3, -0.25) is 0 Å². The lowest BCUT2D eigenvalue weighted by molar-refractivity contribution is 0.546. The van der Waals surface area contributed by atoms with Gasteiger partial charge in [0.1, 0.15) is 0 Å². The van der Waals surface area contributed by atoms with Crippen molar-refractivity contribution in [1.29, 1.82) is 0 Å². The Morgan fingerprint density at radius 3 is 2.42 bits per heavy atom. The summed E-state index contributed by atoms with van der Waals surface area (Å²) in [5, 5.41) is 1.38. The molecule has 1 heterocycles. The fourth-order valence-electron chi connectivity index (χ4n) is 2.85. The predicted molar refractivity (Wildman–Crippen MR) is 106 cm³/mol. The first-order valence-corrected chi connectivity index (χ1v) is 10.4. The van der Waals surface area contributed by atoms with Crippen molar-refractivity contribution in [3.63, 3.8) is 0 Å². The second kappa shape index (κ2) is 11.6. The third kappa shape index (κ3) is 7.76. The van der Waals surface area contributed by atoms with Gasteiger partial charge in [0.15, 0.2) is 0 Å². The minimum absolute atomic E-state index is 0.580. The molecule has 1 aromatic carbocycles. The van der Waals surface area contributed by atoms with Crippen molar-refractivity contribution in [3.8, 4) is 0 Å². The molecule has 0 aliphatic carbocycles. The third-order valence-corrected chi connectivity index (χ3v) is 5.73. The second-order valence-electron chi connectivity index (χ2n) is 6.36. The van der Waals surface area contributed by atoms with E-state index in [0.717, 1.165) is 11.6 Å². The minimum Gasteiger partial charge on any atom is -0.336 e. The molecule has 132 valence electrons. The molecule has 0 radical (unpaired) electrons. The number of hydrogen-bond acceptors (Lipinski definition) is 2. The standard InChI is InChI=1S/C20H29ClN2S/c1-2-3-4-5-6-7-8-9-20(16-23-15-14-22-17-23)24-19-12-10-18(21)11-13-19/h10-15,17,20H,2-9,16H2,1H3. The van der Waals surface area contributed by atoms with Crippen LogP contribution in [0.25, 0.3) is 0 Å². The summed E-state index contributed by atoms with van der Waals surface area (Å²) < 4.78 is 2.19. The molecule has 1 unspecified atom stereocenters. The lowest BCUT2D eigenvalue weighted by Gasteiger charge is -2.17. The number of thioether (sulfide) groups is 1. The molecule has 0 saturated carbocycles. The van der Waals surface area contributed by atoms with Crippen molar-refractivity contribution in [2.45, 2.75) is 75.0 Å². The van der Waals surface area contributed by atoms with Gasteiger partial charge in [0, 0.05) is 34.1 Å². The van der Waals surface area contributed by atoms with Gasteiger partial charge in [-0.05, 0) is 30.7 Å². The largest absolute Gasteiger partial charge is 0.336 e. The van der Waals surface area contributed by atoms with Crippen molar-refractivity contribution < 1.29 is 0 Å². The number of benzene rings is 1. The highest BCUT2D eigenvalue weighted by molar-refractivity contribution is 8.00. The van der Waals surface area contributed by atoms with Crippen molar-refractivity contribution in [2.75, 3.05) is 0 Å². The normalized spacial score (nSPS) is 12.4. The van der Waals surface area contributed by atoms with Gasteiger partial charge >= 0.3 is 0 Å². The summed E-state index contributed by atoms with van der Waals surface area (Å²) in [6.07, 6.45) is 16.6. The average molecular weight is 365 g/mol. The van der Waals surface area contributed by atoms with E-state index in [4.69, 9.17) is 11.6 Å². The van der Waals surface area contributed by atoms with Crippen LogP contribution >= 0.6 is 23.4 Å². The summed E-state index contributed by atoms with van der Waals surface area (Å²) in [5.41, 5.74) is 0. The van der Waals surface area contributed by atoms with E-state index in [1.54, 1.807) is 0 Å². The lowest BCUT2D eigenvalue weighted by Crippen LogP contribution is -2.12. The fourth-order valence-corrected chi connectivity index (χ4v) is 4.19. The van der Waals surface area contributed by atoms with Crippen LogP contribution in [-0.4, -0.2) is 14.8 Å². The van der Waals surface area contributed by atoms with Crippen LogP contribution in [0.2, 0.25) is 5.02 Å². The molecule has 1 aromatic heterocycles. The number of nitrogens with zero attached hydrogens (tertiary/aromatic N) is 2. The number of hydrogen-bond donors (Lipinski definition) is 0. The maximum absolute atomic E-state index is 6.00. The Morgan fingerprint density at radius 1 is 1.04 bits per heavy atom. The Labute approximate surface area is 156 Å². The summed E-state index contributed by atoms with van der Waals surface area (Å²) in [4.78, 5) is 5.47. The zero-order valence-corrected chi connectivity index (χ0v) is 16.2. The van der Waals surface area contributed by atoms with Crippen LogP contribution in [0.4, 0.5) is 0 Å². The summed E-state index contributed by atoms with van der Waals surface area (Å²) >= 11 is 7.96. The van der Waals surface area contributed by atoms with Crippen molar-refractivity contribution in [3.05, 3.63) is 48.0 Å². The van der Waals surface area contributed by atoms with Gasteiger partial charge in [-0.25, -0.2) is 4.98 Å². The van der Waals surface area contributed by atoms with Crippen LogP contribution < -0.4 is 0 Å². The van der Waals surface area contributed by atoms with Crippen LogP contribution in [0.5, 0.6) is 0 Å². The Bertz CT molecular complexity index is 539. The zero-order valence-electron chi connectivity index (χ0n) is 14.7. The number of unbranched alkanes of at least 4 members (excludes halogenated alkanes) is 6. The Kier molecular flexibility index (Phi) is 9.37. The van der Waals surface area contributed by atoms with Gasteiger partial charge < -0.3 is 4.57 Å². The monoisotopic (exact) mass is 364 g/mol. The molecule has 2 nitrogen and oxygen atoms in total. The van der Waals surface area contributed by atoms with Crippen LogP contribution in [0.15, 0.2) is 47.9 Å². The first-order chi connectivity index (χ1) is 11.8. The molecule has 0 bridgehead atoms. The summed E-state index contributed by atoms with van der Waals surface area (Å²) in [6.45, 7) is 3.29. The van der Waals surface area contributed by atoms with Crippen LogP contribution in [-0.2, 0) is 6.54 Å². The minimum atomic E-state index is 0.580. The molecular weight excluding hydrogens is 336 g/mol. The molecule has 0 N–H and O–H groups in total. The van der Waals surface area contributed by atoms with E-state index >= 15 is 0 Å². The van der Waals surface area contributed by atoms with E-state index in [0.29, 0.717) is 5.25 Å². The van der Waals surface area contributed by atoms with Crippen molar-refractivity contribution >= 4 is 23.4 Å². The predicted octanol–water partition coefficient (Wildman–Crippen LogP) is 6.84. The average Bonchev–Trinajstić information content (AvgIpc) is 3.09. The molecule has 0 aliphatic rings. The highest BCUT2D eigenvalue weighted by atomic mass is 35.5. The van der Waals surface area contributed by atoms with Gasteiger partial charge in [-0.1, -0.05) is 63.5 Å². The lowest BCUT2D eigenvalue weighted by atomic mass is 10.1. The molecule has 0 fully saturated rings. The van der Waals surface area contributed by atoms with E-state index in [2.05, 4.69) is 34.8 Å². The van der Waals surface area contributed by atoms with Gasteiger partial charge in [0.2, 0.25) is 0 Å². The van der Waals surface area contributed by atoms with Crippen molar-refractivity contribution in [2.24, 2.45) is 0 Å². The number of imidazole rings is 1. The van der Waals surface area contributed by atoms with E-state index < -0.39 is 0 Å². The Hall–Kier alpha value is -0.930. The summed E-state index contributed by atoms with van der Waals surface area (Å²) in [5.74, 6) is 0. The summed E-state index contributed by atoms with van der Waals surface area (Å²) in [6, 6.07) is 8.20. The van der Waals surface area contributed by atoms with E-state index in [-0.39, 0.29) is 0 Å². The molecule has 1 atom stereocenters. The molecule has 0 aliphatic heterocycles. The Balaban J connectivity index is 1.78. The molecular formula is C20H29ClN2S. The van der Waals surface area contributed by atoms with Crippen LogP contribution in [0.1, 0.15) is 58.3 Å². The van der Waals surface area contributed by atoms with Gasteiger partial charge in [-0.2, -0.15) is 0 Å². The quantitative estimate of drug-likeness (QED) is 0.303. The van der Waals surface area contributed by atoms with Gasteiger partial charge in [-0.15, -0.1) is 11.8 Å². The maximum Gasteiger partial charge on any atom is 0.0946 e. The first-order valence-electron chi connectivity index (χ1n) is 9.16. The molecule has 2 aromatic rings. The zero-order chi connectivity index (χ0) is 17.0. The molecule has 4 heteroatoms. The molecule has 24 heavy (non-hydrogen) atoms. The van der Waals surface area contributed by atoms with Crippen LogP contribution in [0.3, 0.4) is 0 Å². The highest BCUT2D eigenvalue weighted by Crippen LogP contribution is 2.29. The molecule has 0 saturated heterocycles. The maximum atomic E-state index is 6.00. The van der Waals surface area contributed by atoms with E-state index in [1.807, 2.05) is 36.4 Å². The first kappa shape index (κ1) is 19.4. The number of halogens is 1. The number of aromatic nitrogens is 2. The second-order valence-corrected chi connectivity index (χ2v) is 8.17. The third-order valence-electron chi connectivity index (χ3n) is 4.22. The van der Waals surface area contributed by atoms with E-state index in [9.17, 15) is 0 Å². The smallest absolute Gasteiger partial charge is 0.0946 e. The topological polar surface area (TPSA) is 17.8 Å².